The number of allylic oxidation sites excluding steroid dienone is 1. The number of carbonyl (C=O) groups excluding carboxylic acids is 2. The van der Waals surface area contributed by atoms with Crippen LogP contribution in [0.4, 0.5) is 0 Å². The Kier molecular flexibility index (Phi) is 6.56. The smallest absolute Gasteiger partial charge is 0.263 e. The molecule has 7 nitrogen and oxygen atoms in total. The summed E-state index contributed by atoms with van der Waals surface area (Å²) in [5.74, 6) is -0.320. The molecule has 0 unspecified atom stereocenters. The van der Waals surface area contributed by atoms with E-state index in [1.165, 1.54) is 28.6 Å². The number of hydrogen-bond acceptors (Lipinski definition) is 6. The predicted octanol–water partition coefficient (Wildman–Crippen LogP) is 1.82. The number of aromatic nitrogens is 2. The summed E-state index contributed by atoms with van der Waals surface area (Å²) >= 11 is 2.82. The SMILES string of the molecule is C=CCn1c(SCC(=O)N(C)CC(=O)NC)nc2sc3c(c2c1=O)CCCC3. The fourth-order valence-electron chi connectivity index (χ4n) is 3.24. The molecule has 0 fully saturated rings. The lowest BCUT2D eigenvalue weighted by molar-refractivity contribution is -0.132. The van der Waals surface area contributed by atoms with Crippen molar-refractivity contribution in [1.82, 2.24) is 19.8 Å². The number of fused-ring (bicyclic) bond motifs is 3. The van der Waals surface area contributed by atoms with Crippen LogP contribution in [0.25, 0.3) is 10.2 Å². The van der Waals surface area contributed by atoms with Gasteiger partial charge in [0.15, 0.2) is 5.16 Å². The topological polar surface area (TPSA) is 84.3 Å². The summed E-state index contributed by atoms with van der Waals surface area (Å²) in [7, 11) is 3.11. The van der Waals surface area contributed by atoms with E-state index in [0.29, 0.717) is 11.7 Å². The Morgan fingerprint density at radius 1 is 1.39 bits per heavy atom. The number of carbonyl (C=O) groups is 2. The third kappa shape index (κ3) is 4.15. The van der Waals surface area contributed by atoms with Crippen LogP contribution in [-0.4, -0.2) is 52.7 Å². The maximum absolute atomic E-state index is 13.2. The molecule has 0 spiro atoms. The summed E-state index contributed by atoms with van der Waals surface area (Å²) < 4.78 is 1.59. The van der Waals surface area contributed by atoms with Crippen LogP contribution >= 0.6 is 23.1 Å². The molecule has 0 radical (unpaired) electrons. The van der Waals surface area contributed by atoms with Crippen LogP contribution in [0.1, 0.15) is 23.3 Å². The number of rotatable bonds is 7. The van der Waals surface area contributed by atoms with Crippen LogP contribution in [0.3, 0.4) is 0 Å². The van der Waals surface area contributed by atoms with E-state index in [0.717, 1.165) is 41.5 Å². The summed E-state index contributed by atoms with van der Waals surface area (Å²) in [5.41, 5.74) is 1.09. The van der Waals surface area contributed by atoms with Crippen LogP contribution in [0.15, 0.2) is 22.6 Å². The van der Waals surface area contributed by atoms with Crippen LogP contribution in [0, 0.1) is 0 Å². The number of nitrogens with one attached hydrogen (secondary N) is 1. The number of thiophene rings is 1. The van der Waals surface area contributed by atoms with Crippen molar-refractivity contribution in [3.05, 3.63) is 33.4 Å². The average molecular weight is 421 g/mol. The third-order valence-electron chi connectivity index (χ3n) is 4.76. The standard InChI is InChI=1S/C19H24N4O3S2/c1-4-9-23-18(26)16-12-7-5-6-8-13(12)28-17(16)21-19(23)27-11-15(25)22(3)10-14(24)20-2/h4H,1,5-11H2,2-3H3,(H,20,24). The second kappa shape index (κ2) is 8.91. The average Bonchev–Trinajstić information content (AvgIpc) is 3.06. The molecule has 0 aliphatic heterocycles. The summed E-state index contributed by atoms with van der Waals surface area (Å²) in [6.45, 7) is 4.09. The molecule has 2 amide bonds. The molecule has 0 bridgehead atoms. The van der Waals surface area contributed by atoms with Crippen molar-refractivity contribution in [3.63, 3.8) is 0 Å². The molecule has 28 heavy (non-hydrogen) atoms. The van der Waals surface area contributed by atoms with E-state index in [1.807, 2.05) is 0 Å². The Balaban J connectivity index is 1.89. The van der Waals surface area contributed by atoms with E-state index in [-0.39, 0.29) is 29.7 Å². The quantitative estimate of drug-likeness (QED) is 0.420. The van der Waals surface area contributed by atoms with Crippen LogP contribution in [-0.2, 0) is 29.0 Å². The van der Waals surface area contributed by atoms with Gasteiger partial charge < -0.3 is 10.2 Å². The van der Waals surface area contributed by atoms with Crippen molar-refractivity contribution in [1.29, 1.82) is 0 Å². The minimum Gasteiger partial charge on any atom is -0.358 e. The molecule has 0 saturated carbocycles. The van der Waals surface area contributed by atoms with Gasteiger partial charge in [0.25, 0.3) is 5.56 Å². The number of thioether (sulfide) groups is 1. The molecule has 0 aromatic carbocycles. The molecular weight excluding hydrogens is 396 g/mol. The van der Waals surface area contributed by atoms with Crippen LogP contribution in [0.2, 0.25) is 0 Å². The lowest BCUT2D eigenvalue weighted by Gasteiger charge is -2.16. The summed E-state index contributed by atoms with van der Waals surface area (Å²) in [4.78, 5) is 45.0. The zero-order valence-electron chi connectivity index (χ0n) is 16.1. The van der Waals surface area contributed by atoms with E-state index >= 15 is 0 Å². The zero-order chi connectivity index (χ0) is 20.3. The molecule has 1 aliphatic rings. The number of nitrogens with zero attached hydrogens (tertiary/aromatic N) is 3. The van der Waals surface area contributed by atoms with Crippen LogP contribution in [0.5, 0.6) is 0 Å². The summed E-state index contributed by atoms with van der Waals surface area (Å²) in [6, 6.07) is 0. The van der Waals surface area contributed by atoms with E-state index in [2.05, 4.69) is 11.9 Å². The van der Waals surface area contributed by atoms with Gasteiger partial charge in [-0.05, 0) is 31.2 Å². The van der Waals surface area contributed by atoms with E-state index in [4.69, 9.17) is 4.98 Å². The first kappa shape index (κ1) is 20.6. The van der Waals surface area contributed by atoms with Gasteiger partial charge in [-0.25, -0.2) is 4.98 Å². The highest BCUT2D eigenvalue weighted by molar-refractivity contribution is 7.99. The minimum atomic E-state index is -0.229. The molecular formula is C19H24N4O3S2. The van der Waals surface area contributed by atoms with Gasteiger partial charge in [0.05, 0.1) is 17.7 Å². The second-order valence-corrected chi connectivity index (χ2v) is 8.73. The fraction of sp³-hybridized carbons (Fsp3) is 0.474. The molecule has 9 heteroatoms. The van der Waals surface area contributed by atoms with Crippen LogP contribution < -0.4 is 10.9 Å². The number of hydrogen-bond donors (Lipinski definition) is 1. The molecule has 150 valence electrons. The number of likely N-dealkylation sites (N-methyl/N-ethyl adjacent to an activating group) is 2. The summed E-state index contributed by atoms with van der Waals surface area (Å²) in [6.07, 6.45) is 5.84. The molecule has 0 atom stereocenters. The number of amides is 2. The highest BCUT2D eigenvalue weighted by atomic mass is 32.2. The van der Waals surface area contributed by atoms with Crippen molar-refractivity contribution in [3.8, 4) is 0 Å². The van der Waals surface area contributed by atoms with E-state index < -0.39 is 0 Å². The Morgan fingerprint density at radius 2 is 2.14 bits per heavy atom. The largest absolute Gasteiger partial charge is 0.358 e. The van der Waals surface area contributed by atoms with Crippen molar-refractivity contribution in [2.24, 2.45) is 0 Å². The lowest BCUT2D eigenvalue weighted by atomic mass is 9.97. The first-order valence-corrected chi connectivity index (χ1v) is 11.0. The van der Waals surface area contributed by atoms with Gasteiger partial charge in [0, 0.05) is 25.5 Å². The molecule has 3 rings (SSSR count). The third-order valence-corrected chi connectivity index (χ3v) is 6.91. The fourth-order valence-corrected chi connectivity index (χ4v) is 5.49. The highest BCUT2D eigenvalue weighted by Crippen LogP contribution is 2.34. The normalized spacial score (nSPS) is 13.2. The lowest BCUT2D eigenvalue weighted by Crippen LogP contribution is -2.37. The molecule has 2 aromatic rings. The first-order valence-electron chi connectivity index (χ1n) is 9.19. The Hall–Kier alpha value is -2.13. The highest BCUT2D eigenvalue weighted by Gasteiger charge is 2.22. The van der Waals surface area contributed by atoms with Gasteiger partial charge in [-0.2, -0.15) is 0 Å². The van der Waals surface area contributed by atoms with Crippen molar-refractivity contribution in [2.75, 3.05) is 26.4 Å². The predicted molar refractivity (Wildman–Crippen MR) is 113 cm³/mol. The summed E-state index contributed by atoms with van der Waals surface area (Å²) in [5, 5.41) is 3.74. The van der Waals surface area contributed by atoms with Gasteiger partial charge in [-0.1, -0.05) is 17.8 Å². The van der Waals surface area contributed by atoms with Gasteiger partial charge in [-0.3, -0.25) is 19.0 Å². The molecule has 1 N–H and O–H groups in total. The molecule has 0 saturated heterocycles. The van der Waals surface area contributed by atoms with E-state index in [1.54, 1.807) is 29.0 Å². The zero-order valence-corrected chi connectivity index (χ0v) is 17.8. The molecule has 1 aliphatic carbocycles. The maximum Gasteiger partial charge on any atom is 0.263 e. The van der Waals surface area contributed by atoms with E-state index in [9.17, 15) is 14.4 Å². The van der Waals surface area contributed by atoms with Crippen molar-refractivity contribution in [2.45, 2.75) is 37.4 Å². The van der Waals surface area contributed by atoms with Crippen molar-refractivity contribution < 1.29 is 9.59 Å². The Morgan fingerprint density at radius 3 is 2.86 bits per heavy atom. The first-order chi connectivity index (χ1) is 13.5. The molecule has 2 heterocycles. The maximum atomic E-state index is 13.2. The van der Waals surface area contributed by atoms with Gasteiger partial charge >= 0.3 is 0 Å². The Bertz CT molecular complexity index is 980. The Labute approximate surface area is 171 Å². The number of aryl methyl sites for hydroxylation is 2. The van der Waals surface area contributed by atoms with Crippen molar-refractivity contribution >= 4 is 45.1 Å². The van der Waals surface area contributed by atoms with Gasteiger partial charge in [0.1, 0.15) is 4.83 Å². The second-order valence-electron chi connectivity index (χ2n) is 6.70. The minimum absolute atomic E-state index is 0.000531. The van der Waals surface area contributed by atoms with Gasteiger partial charge in [0.2, 0.25) is 11.8 Å². The van der Waals surface area contributed by atoms with Gasteiger partial charge in [-0.15, -0.1) is 17.9 Å². The monoisotopic (exact) mass is 420 g/mol. The molecule has 2 aromatic heterocycles.